The molecule has 25 heavy (non-hydrogen) atoms. The average molecular weight is 374 g/mol. The third-order valence-electron chi connectivity index (χ3n) is 3.64. The molecular formula is C18H18N2O3S2. The Hall–Kier alpha value is -2.38. The molecule has 130 valence electrons. The van der Waals surface area contributed by atoms with Crippen molar-refractivity contribution in [2.45, 2.75) is 11.4 Å². The number of sulfone groups is 1. The normalized spacial score (nSPS) is 11.3. The van der Waals surface area contributed by atoms with Crippen LogP contribution in [0, 0.1) is 0 Å². The molecule has 0 saturated heterocycles. The maximum absolute atomic E-state index is 11.6. The van der Waals surface area contributed by atoms with Gasteiger partial charge in [-0.25, -0.2) is 13.4 Å². The molecule has 0 aliphatic heterocycles. The summed E-state index contributed by atoms with van der Waals surface area (Å²) in [7, 11) is -1.61. The molecular weight excluding hydrogens is 356 g/mol. The lowest BCUT2D eigenvalue weighted by atomic mass is 10.1. The highest BCUT2D eigenvalue weighted by molar-refractivity contribution is 7.90. The highest BCUT2D eigenvalue weighted by atomic mass is 32.2. The van der Waals surface area contributed by atoms with Crippen LogP contribution in [0.25, 0.3) is 11.3 Å². The first kappa shape index (κ1) is 17.4. The van der Waals surface area contributed by atoms with E-state index in [4.69, 9.17) is 4.74 Å². The van der Waals surface area contributed by atoms with Crippen LogP contribution in [0.5, 0.6) is 5.75 Å². The quantitative estimate of drug-likeness (QED) is 0.710. The lowest BCUT2D eigenvalue weighted by molar-refractivity contribution is 0.414. The molecule has 3 aromatic rings. The number of pyridine rings is 1. The third-order valence-corrected chi connectivity index (χ3v) is 5.64. The maximum Gasteiger partial charge on any atom is 0.175 e. The Morgan fingerprint density at radius 3 is 2.52 bits per heavy atom. The number of anilines is 1. The van der Waals surface area contributed by atoms with E-state index in [1.54, 1.807) is 42.7 Å². The monoisotopic (exact) mass is 374 g/mol. The Morgan fingerprint density at radius 1 is 1.16 bits per heavy atom. The number of hydrogen-bond donors (Lipinski definition) is 1. The number of ether oxygens (including phenoxy) is 1. The average Bonchev–Trinajstić information content (AvgIpc) is 3.12. The largest absolute Gasteiger partial charge is 0.497 e. The molecule has 0 aliphatic carbocycles. The van der Waals surface area contributed by atoms with Crippen LogP contribution in [0.3, 0.4) is 0 Å². The fourth-order valence-corrected chi connectivity index (χ4v) is 3.60. The molecule has 1 N–H and O–H groups in total. The van der Waals surface area contributed by atoms with Crippen molar-refractivity contribution in [3.05, 3.63) is 58.8 Å². The molecule has 0 bridgehead atoms. The number of hydrogen-bond acceptors (Lipinski definition) is 6. The Labute approximate surface area is 151 Å². The van der Waals surface area contributed by atoms with Gasteiger partial charge in [-0.1, -0.05) is 18.2 Å². The smallest absolute Gasteiger partial charge is 0.175 e. The maximum atomic E-state index is 11.6. The first-order chi connectivity index (χ1) is 12.0. The fraction of sp³-hybridized carbons (Fsp3) is 0.167. The number of rotatable bonds is 6. The van der Waals surface area contributed by atoms with Gasteiger partial charge in [0.15, 0.2) is 9.84 Å². The molecule has 0 spiro atoms. The van der Waals surface area contributed by atoms with Crippen molar-refractivity contribution in [1.82, 2.24) is 4.98 Å². The molecule has 0 saturated carbocycles. The molecule has 3 rings (SSSR count). The van der Waals surface area contributed by atoms with Crippen LogP contribution < -0.4 is 10.1 Å². The molecule has 2 aromatic heterocycles. The number of methoxy groups -OCH3 is 1. The highest BCUT2D eigenvalue weighted by Gasteiger charge is 2.09. The van der Waals surface area contributed by atoms with Crippen LogP contribution in [-0.2, 0) is 16.4 Å². The summed E-state index contributed by atoms with van der Waals surface area (Å²) in [6.45, 7) is 0.685. The van der Waals surface area contributed by atoms with Gasteiger partial charge >= 0.3 is 0 Å². The van der Waals surface area contributed by atoms with Crippen molar-refractivity contribution in [1.29, 1.82) is 0 Å². The van der Waals surface area contributed by atoms with Gasteiger partial charge in [-0.3, -0.25) is 0 Å². The molecule has 0 fully saturated rings. The van der Waals surface area contributed by atoms with Crippen molar-refractivity contribution in [2.75, 3.05) is 18.7 Å². The van der Waals surface area contributed by atoms with Crippen molar-refractivity contribution >= 4 is 27.0 Å². The molecule has 7 heteroatoms. The zero-order valence-electron chi connectivity index (χ0n) is 13.9. The van der Waals surface area contributed by atoms with Crippen LogP contribution in [-0.4, -0.2) is 26.8 Å². The lowest BCUT2D eigenvalue weighted by Gasteiger charge is -2.10. The van der Waals surface area contributed by atoms with Gasteiger partial charge < -0.3 is 10.1 Å². The SMILES string of the molecule is COc1cc(NCc2cccs2)nc(-c2ccc(S(C)(=O)=O)cc2)c1. The van der Waals surface area contributed by atoms with Crippen LogP contribution in [0.15, 0.2) is 58.8 Å². The van der Waals surface area contributed by atoms with Crippen LogP contribution in [0.1, 0.15) is 4.88 Å². The van der Waals surface area contributed by atoms with Crippen LogP contribution >= 0.6 is 11.3 Å². The fourth-order valence-electron chi connectivity index (χ4n) is 2.33. The van der Waals surface area contributed by atoms with E-state index in [1.165, 1.54) is 11.1 Å². The summed E-state index contributed by atoms with van der Waals surface area (Å²) >= 11 is 1.68. The minimum absolute atomic E-state index is 0.287. The van der Waals surface area contributed by atoms with Gasteiger partial charge in [0.2, 0.25) is 0 Å². The first-order valence-electron chi connectivity index (χ1n) is 7.58. The lowest BCUT2D eigenvalue weighted by Crippen LogP contribution is -2.01. The molecule has 0 atom stereocenters. The third kappa shape index (κ3) is 4.37. The molecule has 2 heterocycles. The second kappa shape index (κ2) is 7.25. The predicted molar refractivity (Wildman–Crippen MR) is 101 cm³/mol. The molecule has 5 nitrogen and oxygen atoms in total. The van der Waals surface area contributed by atoms with Crippen molar-refractivity contribution < 1.29 is 13.2 Å². The van der Waals surface area contributed by atoms with Gasteiger partial charge in [-0.05, 0) is 23.6 Å². The minimum Gasteiger partial charge on any atom is -0.497 e. The van der Waals surface area contributed by atoms with E-state index >= 15 is 0 Å². The van der Waals surface area contributed by atoms with Gasteiger partial charge in [0.25, 0.3) is 0 Å². The van der Waals surface area contributed by atoms with Gasteiger partial charge in [-0.15, -0.1) is 11.3 Å². The summed E-state index contributed by atoms with van der Waals surface area (Å²) in [6, 6.07) is 14.4. The molecule has 0 radical (unpaired) electrons. The highest BCUT2D eigenvalue weighted by Crippen LogP contribution is 2.26. The zero-order valence-corrected chi connectivity index (χ0v) is 15.5. The number of thiophene rings is 1. The zero-order chi connectivity index (χ0) is 17.9. The van der Waals surface area contributed by atoms with E-state index in [2.05, 4.69) is 16.4 Å². The second-order valence-electron chi connectivity index (χ2n) is 5.51. The van der Waals surface area contributed by atoms with Crippen LogP contribution in [0.2, 0.25) is 0 Å². The van der Waals surface area contributed by atoms with Crippen molar-refractivity contribution in [2.24, 2.45) is 0 Å². The Bertz CT molecular complexity index is 950. The van der Waals surface area contributed by atoms with E-state index in [0.29, 0.717) is 23.8 Å². The van der Waals surface area contributed by atoms with Gasteiger partial charge in [-0.2, -0.15) is 0 Å². The second-order valence-corrected chi connectivity index (χ2v) is 8.55. The van der Waals surface area contributed by atoms with Gasteiger partial charge in [0, 0.05) is 28.8 Å². The number of benzene rings is 1. The Balaban J connectivity index is 1.88. The molecule has 1 aromatic carbocycles. The van der Waals surface area contributed by atoms with E-state index in [-0.39, 0.29) is 4.90 Å². The number of aromatic nitrogens is 1. The number of nitrogens with one attached hydrogen (secondary N) is 1. The summed E-state index contributed by atoms with van der Waals surface area (Å²) < 4.78 is 28.5. The minimum atomic E-state index is -3.21. The van der Waals surface area contributed by atoms with Crippen LogP contribution in [0.4, 0.5) is 5.82 Å². The Morgan fingerprint density at radius 2 is 1.92 bits per heavy atom. The summed E-state index contributed by atoms with van der Waals surface area (Å²) in [4.78, 5) is 6.11. The Kier molecular flexibility index (Phi) is 5.06. The summed E-state index contributed by atoms with van der Waals surface area (Å²) in [6.07, 6.45) is 1.19. The number of nitrogens with zero attached hydrogens (tertiary/aromatic N) is 1. The predicted octanol–water partition coefficient (Wildman–Crippen LogP) is 3.83. The van der Waals surface area contributed by atoms with Crippen molar-refractivity contribution in [3.8, 4) is 17.0 Å². The first-order valence-corrected chi connectivity index (χ1v) is 10.4. The van der Waals surface area contributed by atoms with E-state index in [0.717, 1.165) is 5.56 Å². The summed E-state index contributed by atoms with van der Waals surface area (Å²) in [5.74, 6) is 1.39. The van der Waals surface area contributed by atoms with Crippen molar-refractivity contribution in [3.63, 3.8) is 0 Å². The molecule has 0 amide bonds. The molecule has 0 aliphatic rings. The van der Waals surface area contributed by atoms with E-state index < -0.39 is 9.84 Å². The summed E-state index contributed by atoms with van der Waals surface area (Å²) in [5, 5.41) is 5.32. The molecule has 0 unspecified atom stereocenters. The van der Waals surface area contributed by atoms with E-state index in [1.807, 2.05) is 23.6 Å². The standard InChI is InChI=1S/C18H18N2O3S2/c1-23-14-10-17(13-5-7-16(8-6-13)25(2,21)22)20-18(11-14)19-12-15-4-3-9-24-15/h3-11H,12H2,1-2H3,(H,19,20). The van der Waals surface area contributed by atoms with Gasteiger partial charge in [0.05, 0.1) is 24.2 Å². The topological polar surface area (TPSA) is 68.3 Å². The van der Waals surface area contributed by atoms with Gasteiger partial charge in [0.1, 0.15) is 11.6 Å². The summed E-state index contributed by atoms with van der Waals surface area (Å²) in [5.41, 5.74) is 1.54. The van der Waals surface area contributed by atoms with E-state index in [9.17, 15) is 8.42 Å².